The molecule has 0 aromatic carbocycles. The fourth-order valence-corrected chi connectivity index (χ4v) is 2.66. The van der Waals surface area contributed by atoms with Crippen molar-refractivity contribution in [2.45, 2.75) is 13.8 Å². The zero-order valence-corrected chi connectivity index (χ0v) is 12.8. The number of carbonyl (C=O) groups is 1. The summed E-state index contributed by atoms with van der Waals surface area (Å²) in [6, 6.07) is 5.76. The van der Waals surface area contributed by atoms with E-state index in [1.165, 1.54) is 0 Å². The van der Waals surface area contributed by atoms with Crippen molar-refractivity contribution in [2.24, 2.45) is 11.1 Å². The lowest BCUT2D eigenvalue weighted by atomic mass is 9.93. The molecule has 3 N–H and O–H groups in total. The molecule has 0 fully saturated rings. The Morgan fingerprint density at radius 2 is 2.30 bits per heavy atom. The summed E-state index contributed by atoms with van der Waals surface area (Å²) >= 11 is 1.61. The number of nitrogens with one attached hydrogen (secondary N) is 1. The van der Waals surface area contributed by atoms with Gasteiger partial charge in [0.05, 0.1) is 10.6 Å². The third-order valence-corrected chi connectivity index (χ3v) is 4.05. The Hall–Kier alpha value is -1.66. The van der Waals surface area contributed by atoms with Crippen molar-refractivity contribution in [1.29, 1.82) is 0 Å². The average molecular weight is 292 g/mol. The van der Waals surface area contributed by atoms with E-state index in [0.29, 0.717) is 18.8 Å². The summed E-state index contributed by atoms with van der Waals surface area (Å²) in [5.74, 6) is -0.0921. The number of amides is 1. The predicted molar refractivity (Wildman–Crippen MR) is 81.7 cm³/mol. The molecule has 2 aromatic heterocycles. The monoisotopic (exact) mass is 292 g/mol. The molecular weight excluding hydrogens is 272 g/mol. The molecule has 0 radical (unpaired) electrons. The van der Waals surface area contributed by atoms with Crippen LogP contribution in [0.5, 0.6) is 0 Å². The van der Waals surface area contributed by atoms with Crippen molar-refractivity contribution in [3.8, 4) is 10.6 Å². The van der Waals surface area contributed by atoms with Gasteiger partial charge in [0.1, 0.15) is 0 Å². The number of thiophene rings is 1. The average Bonchev–Trinajstić information content (AvgIpc) is 3.07. The number of nitrogens with zero attached hydrogens (tertiary/aromatic N) is 2. The van der Waals surface area contributed by atoms with Crippen molar-refractivity contribution in [2.75, 3.05) is 20.1 Å². The molecule has 6 heteroatoms. The van der Waals surface area contributed by atoms with Gasteiger partial charge in [0.25, 0.3) is 5.91 Å². The highest BCUT2D eigenvalue weighted by Crippen LogP contribution is 2.23. The largest absolute Gasteiger partial charge is 0.340 e. The van der Waals surface area contributed by atoms with Gasteiger partial charge in [0.15, 0.2) is 5.69 Å². The maximum atomic E-state index is 12.3. The van der Waals surface area contributed by atoms with Gasteiger partial charge in [0.2, 0.25) is 0 Å². The van der Waals surface area contributed by atoms with Gasteiger partial charge in [-0.3, -0.25) is 9.89 Å². The summed E-state index contributed by atoms with van der Waals surface area (Å²) in [7, 11) is 1.78. The highest BCUT2D eigenvalue weighted by atomic mass is 32.1. The molecule has 0 aliphatic heterocycles. The van der Waals surface area contributed by atoms with E-state index >= 15 is 0 Å². The van der Waals surface area contributed by atoms with Crippen LogP contribution in [0.25, 0.3) is 10.6 Å². The Balaban J connectivity index is 2.10. The minimum Gasteiger partial charge on any atom is -0.340 e. The van der Waals surface area contributed by atoms with Crippen molar-refractivity contribution in [3.63, 3.8) is 0 Å². The molecule has 2 rings (SSSR count). The summed E-state index contributed by atoms with van der Waals surface area (Å²) in [5, 5.41) is 9.01. The molecule has 0 spiro atoms. The Kier molecular flexibility index (Phi) is 4.25. The van der Waals surface area contributed by atoms with E-state index in [-0.39, 0.29) is 11.3 Å². The van der Waals surface area contributed by atoms with E-state index in [1.807, 2.05) is 31.4 Å². The molecule has 108 valence electrons. The van der Waals surface area contributed by atoms with Crippen LogP contribution in [0.15, 0.2) is 23.6 Å². The van der Waals surface area contributed by atoms with E-state index in [4.69, 9.17) is 5.73 Å². The normalized spacial score (nSPS) is 11.6. The van der Waals surface area contributed by atoms with E-state index in [0.717, 1.165) is 10.6 Å². The minimum atomic E-state index is -0.0999. The SMILES string of the molecule is CN(CC(C)(C)CN)C(=O)c1cc(-c2cccs2)[nH]n1. The summed E-state index contributed by atoms with van der Waals surface area (Å²) < 4.78 is 0. The number of aromatic nitrogens is 2. The first-order chi connectivity index (χ1) is 9.43. The fraction of sp³-hybridized carbons (Fsp3) is 0.429. The molecular formula is C14H20N4OS. The summed E-state index contributed by atoms with van der Waals surface area (Å²) in [5.41, 5.74) is 6.91. The summed E-state index contributed by atoms with van der Waals surface area (Å²) in [6.45, 7) is 5.21. The Bertz CT molecular complexity index is 574. The lowest BCUT2D eigenvalue weighted by molar-refractivity contribution is 0.0734. The summed E-state index contributed by atoms with van der Waals surface area (Å²) in [4.78, 5) is 15.1. The smallest absolute Gasteiger partial charge is 0.274 e. The number of hydrogen-bond acceptors (Lipinski definition) is 4. The first kappa shape index (κ1) is 14.7. The molecule has 0 saturated carbocycles. The maximum Gasteiger partial charge on any atom is 0.274 e. The van der Waals surface area contributed by atoms with E-state index in [2.05, 4.69) is 10.2 Å². The van der Waals surface area contributed by atoms with Crippen molar-refractivity contribution >= 4 is 17.2 Å². The molecule has 0 atom stereocenters. The quantitative estimate of drug-likeness (QED) is 0.887. The first-order valence-electron chi connectivity index (χ1n) is 6.48. The molecule has 2 heterocycles. The van der Waals surface area contributed by atoms with Crippen molar-refractivity contribution in [3.05, 3.63) is 29.3 Å². The number of nitrogens with two attached hydrogens (primary N) is 1. The molecule has 0 bridgehead atoms. The summed E-state index contributed by atoms with van der Waals surface area (Å²) in [6.07, 6.45) is 0. The second kappa shape index (κ2) is 5.76. The molecule has 20 heavy (non-hydrogen) atoms. The zero-order chi connectivity index (χ0) is 14.8. The Morgan fingerprint density at radius 3 is 2.90 bits per heavy atom. The van der Waals surface area contributed by atoms with Gasteiger partial charge in [-0.25, -0.2) is 0 Å². The molecule has 2 aromatic rings. The standard InChI is InChI=1S/C14H20N4OS/c1-14(2,8-15)9-18(3)13(19)11-7-10(16-17-11)12-5-4-6-20-12/h4-7H,8-9,15H2,1-3H3,(H,16,17). The van der Waals surface area contributed by atoms with Crippen LogP contribution in [0, 0.1) is 5.41 Å². The van der Waals surface area contributed by atoms with Gasteiger partial charge in [-0.1, -0.05) is 19.9 Å². The third kappa shape index (κ3) is 3.26. The number of H-pyrrole nitrogens is 1. The second-order valence-corrected chi connectivity index (χ2v) is 6.62. The Morgan fingerprint density at radius 1 is 1.55 bits per heavy atom. The second-order valence-electron chi connectivity index (χ2n) is 5.67. The molecule has 1 amide bonds. The number of rotatable bonds is 5. The third-order valence-electron chi connectivity index (χ3n) is 3.15. The molecule has 0 aliphatic carbocycles. The van der Waals surface area contributed by atoms with Gasteiger partial charge < -0.3 is 10.6 Å². The van der Waals surface area contributed by atoms with E-state index in [1.54, 1.807) is 29.4 Å². The molecule has 0 saturated heterocycles. The van der Waals surface area contributed by atoms with Crippen LogP contribution in [0.3, 0.4) is 0 Å². The van der Waals surface area contributed by atoms with Crippen LogP contribution in [0.4, 0.5) is 0 Å². The number of carbonyl (C=O) groups excluding carboxylic acids is 1. The molecule has 5 nitrogen and oxygen atoms in total. The zero-order valence-electron chi connectivity index (χ0n) is 12.0. The van der Waals surface area contributed by atoms with E-state index in [9.17, 15) is 4.79 Å². The van der Waals surface area contributed by atoms with Crippen LogP contribution in [-0.2, 0) is 0 Å². The highest BCUT2D eigenvalue weighted by Gasteiger charge is 2.23. The minimum absolute atomic E-state index is 0.0921. The van der Waals surface area contributed by atoms with Gasteiger partial charge >= 0.3 is 0 Å². The van der Waals surface area contributed by atoms with Gasteiger partial charge in [0, 0.05) is 13.6 Å². The number of aromatic amines is 1. The Labute approximate surface area is 122 Å². The van der Waals surface area contributed by atoms with E-state index < -0.39 is 0 Å². The first-order valence-corrected chi connectivity index (χ1v) is 7.36. The fourth-order valence-electron chi connectivity index (χ4n) is 1.96. The highest BCUT2D eigenvalue weighted by molar-refractivity contribution is 7.13. The van der Waals surface area contributed by atoms with Crippen LogP contribution < -0.4 is 5.73 Å². The lowest BCUT2D eigenvalue weighted by Gasteiger charge is -2.28. The van der Waals surface area contributed by atoms with Crippen LogP contribution in [0.1, 0.15) is 24.3 Å². The van der Waals surface area contributed by atoms with Gasteiger partial charge in [-0.15, -0.1) is 11.3 Å². The molecule has 0 aliphatic rings. The van der Waals surface area contributed by atoms with Crippen molar-refractivity contribution in [1.82, 2.24) is 15.1 Å². The van der Waals surface area contributed by atoms with Crippen LogP contribution >= 0.6 is 11.3 Å². The molecule has 0 unspecified atom stereocenters. The van der Waals surface area contributed by atoms with Crippen LogP contribution in [-0.4, -0.2) is 41.1 Å². The van der Waals surface area contributed by atoms with Crippen molar-refractivity contribution < 1.29 is 4.79 Å². The van der Waals surface area contributed by atoms with Gasteiger partial charge in [-0.05, 0) is 29.5 Å². The maximum absolute atomic E-state index is 12.3. The van der Waals surface area contributed by atoms with Crippen LogP contribution in [0.2, 0.25) is 0 Å². The number of hydrogen-bond donors (Lipinski definition) is 2. The predicted octanol–water partition coefficient (Wildman–Crippen LogP) is 2.20. The lowest BCUT2D eigenvalue weighted by Crippen LogP contribution is -2.39. The topological polar surface area (TPSA) is 75.0 Å². The van der Waals surface area contributed by atoms with Gasteiger partial charge in [-0.2, -0.15) is 5.10 Å².